The Kier molecular flexibility index (Phi) is 2.89. The Morgan fingerprint density at radius 3 is 3.00 bits per heavy atom. The first-order valence-electron chi connectivity index (χ1n) is 9.41. The van der Waals surface area contributed by atoms with E-state index in [1.807, 2.05) is 6.07 Å². The highest BCUT2D eigenvalue weighted by molar-refractivity contribution is 5.85. The van der Waals surface area contributed by atoms with E-state index in [0.717, 1.165) is 60.2 Å². The lowest BCUT2D eigenvalue weighted by molar-refractivity contribution is -0.940. The van der Waals surface area contributed by atoms with Gasteiger partial charge >= 0.3 is 0 Å². The molecule has 4 atom stereocenters. The number of hydrogen-bond acceptors (Lipinski definition) is 3. The van der Waals surface area contributed by atoms with Gasteiger partial charge in [-0.25, -0.2) is 0 Å². The molecule has 0 aromatic heterocycles. The average molecular weight is 337 g/mol. The van der Waals surface area contributed by atoms with Crippen molar-refractivity contribution >= 4 is 12.0 Å². The highest BCUT2D eigenvalue weighted by atomic mass is 16.3. The van der Waals surface area contributed by atoms with Crippen molar-refractivity contribution in [3.8, 4) is 5.75 Å². The smallest absolute Gasteiger partial charge is 0.148 e. The van der Waals surface area contributed by atoms with Crippen LogP contribution in [-0.4, -0.2) is 41.6 Å². The average Bonchev–Trinajstić information content (AvgIpc) is 3.17. The number of rotatable bonds is 2. The number of nitrogens with zero attached hydrogens (tertiary/aromatic N) is 1. The summed E-state index contributed by atoms with van der Waals surface area (Å²) in [5, 5.41) is 13.9. The van der Waals surface area contributed by atoms with E-state index in [0.29, 0.717) is 11.8 Å². The highest BCUT2D eigenvalue weighted by Gasteiger charge is 2.68. The van der Waals surface area contributed by atoms with E-state index < -0.39 is 0 Å². The zero-order valence-electron chi connectivity index (χ0n) is 14.9. The molecular formula is C21H25N2O2+. The number of carbonyl (C=O) groups is 1. The monoisotopic (exact) mass is 337 g/mol. The van der Waals surface area contributed by atoms with Gasteiger partial charge in [-0.05, 0) is 31.1 Å². The van der Waals surface area contributed by atoms with Crippen molar-refractivity contribution in [2.75, 3.05) is 25.0 Å². The van der Waals surface area contributed by atoms with E-state index in [1.165, 1.54) is 11.1 Å². The fraction of sp³-hybridized carbons (Fsp3) is 0.476. The number of aldehydes is 1. The number of para-hydroxylation sites is 1. The molecule has 1 aliphatic carbocycles. The molecule has 3 aliphatic heterocycles. The number of likely N-dealkylation sites (N-methyl/N-ethyl adjacent to an activating group) is 1. The molecule has 0 saturated carbocycles. The van der Waals surface area contributed by atoms with Crippen molar-refractivity contribution < 1.29 is 14.4 Å². The van der Waals surface area contributed by atoms with Gasteiger partial charge in [0.15, 0.2) is 0 Å². The maximum Gasteiger partial charge on any atom is 0.148 e. The molecule has 4 aliphatic rings. The Hall–Kier alpha value is -2.07. The summed E-state index contributed by atoms with van der Waals surface area (Å²) in [4.78, 5) is 12.1. The largest absolute Gasteiger partial charge is 0.506 e. The summed E-state index contributed by atoms with van der Waals surface area (Å²) in [6.45, 7) is 7.72. The summed E-state index contributed by atoms with van der Waals surface area (Å²) in [5.74, 6) is 0.525. The first-order valence-corrected chi connectivity index (χ1v) is 9.41. The number of quaternary nitrogens is 1. The third-order valence-corrected chi connectivity index (χ3v) is 7.60. The van der Waals surface area contributed by atoms with Crippen LogP contribution in [0.3, 0.4) is 0 Å². The molecule has 5 rings (SSSR count). The number of anilines is 1. The van der Waals surface area contributed by atoms with Gasteiger partial charge in [-0.2, -0.15) is 0 Å². The SMILES string of the molecule is CC=C1C[N+]2(CC)CCC34C(=C(C=O)C1CC32)Nc1c(O)cccc14. The summed E-state index contributed by atoms with van der Waals surface area (Å²) >= 11 is 0. The van der Waals surface area contributed by atoms with Crippen LogP contribution >= 0.6 is 0 Å². The number of phenols is 1. The molecule has 2 bridgehead atoms. The Balaban J connectivity index is 1.85. The van der Waals surface area contributed by atoms with Crippen LogP contribution in [0.1, 0.15) is 32.3 Å². The normalized spacial score (nSPS) is 39.2. The predicted octanol–water partition coefficient (Wildman–Crippen LogP) is 3.10. The lowest BCUT2D eigenvalue weighted by Gasteiger charge is -2.53. The van der Waals surface area contributed by atoms with Crippen molar-refractivity contribution in [3.05, 3.63) is 46.7 Å². The summed E-state index contributed by atoms with van der Waals surface area (Å²) in [7, 11) is 0. The van der Waals surface area contributed by atoms with E-state index in [9.17, 15) is 9.90 Å². The van der Waals surface area contributed by atoms with Crippen LogP contribution in [0.15, 0.2) is 41.1 Å². The fourth-order valence-corrected chi connectivity index (χ4v) is 6.43. The van der Waals surface area contributed by atoms with Crippen molar-refractivity contribution in [1.82, 2.24) is 0 Å². The van der Waals surface area contributed by atoms with Crippen LogP contribution < -0.4 is 5.32 Å². The lowest BCUT2D eigenvalue weighted by atomic mass is 9.61. The van der Waals surface area contributed by atoms with Gasteiger partial charge in [-0.1, -0.05) is 18.2 Å². The molecule has 1 aromatic carbocycles. The van der Waals surface area contributed by atoms with Crippen LogP contribution in [0.2, 0.25) is 0 Å². The topological polar surface area (TPSA) is 49.3 Å². The van der Waals surface area contributed by atoms with E-state index in [-0.39, 0.29) is 11.3 Å². The van der Waals surface area contributed by atoms with Gasteiger partial charge in [-0.3, -0.25) is 4.79 Å². The second-order valence-electron chi connectivity index (χ2n) is 8.08. The first kappa shape index (κ1) is 15.2. The molecule has 25 heavy (non-hydrogen) atoms. The molecule has 3 heterocycles. The van der Waals surface area contributed by atoms with Gasteiger partial charge in [0.2, 0.25) is 0 Å². The predicted molar refractivity (Wildman–Crippen MR) is 97.3 cm³/mol. The minimum atomic E-state index is -0.129. The molecule has 1 spiro atoms. The number of benzene rings is 1. The van der Waals surface area contributed by atoms with E-state index in [2.05, 4.69) is 31.3 Å². The molecule has 1 aromatic rings. The molecule has 0 amide bonds. The van der Waals surface area contributed by atoms with E-state index in [1.54, 1.807) is 6.07 Å². The van der Waals surface area contributed by atoms with Gasteiger partial charge in [0.05, 0.1) is 24.2 Å². The van der Waals surface area contributed by atoms with E-state index >= 15 is 0 Å². The first-order chi connectivity index (χ1) is 12.1. The second kappa shape index (κ2) is 4.76. The van der Waals surface area contributed by atoms with Crippen LogP contribution in [0.5, 0.6) is 5.75 Å². The molecule has 130 valence electrons. The number of nitrogens with one attached hydrogen (secondary N) is 1. The van der Waals surface area contributed by atoms with Gasteiger partial charge in [0.25, 0.3) is 0 Å². The Morgan fingerprint density at radius 1 is 1.44 bits per heavy atom. The third-order valence-electron chi connectivity index (χ3n) is 7.60. The molecule has 0 radical (unpaired) electrons. The zero-order valence-corrected chi connectivity index (χ0v) is 14.9. The highest BCUT2D eigenvalue weighted by Crippen LogP contribution is 2.64. The fourth-order valence-electron chi connectivity index (χ4n) is 6.43. The summed E-state index contributed by atoms with van der Waals surface area (Å²) in [6, 6.07) is 6.32. The summed E-state index contributed by atoms with van der Waals surface area (Å²) in [6.07, 6.45) is 5.39. The van der Waals surface area contributed by atoms with Crippen LogP contribution in [0, 0.1) is 5.92 Å². The Morgan fingerprint density at radius 2 is 2.28 bits per heavy atom. The van der Waals surface area contributed by atoms with Crippen LogP contribution in [0.4, 0.5) is 5.69 Å². The van der Waals surface area contributed by atoms with Crippen LogP contribution in [0.25, 0.3) is 0 Å². The number of carbonyl (C=O) groups excluding carboxylic acids is 1. The van der Waals surface area contributed by atoms with Gasteiger partial charge in [-0.15, -0.1) is 0 Å². The number of phenolic OH excluding ortho intramolecular Hbond substituents is 1. The van der Waals surface area contributed by atoms with Crippen molar-refractivity contribution in [2.24, 2.45) is 5.92 Å². The molecule has 4 nitrogen and oxygen atoms in total. The summed E-state index contributed by atoms with van der Waals surface area (Å²) in [5.41, 5.74) is 5.29. The van der Waals surface area contributed by atoms with Crippen molar-refractivity contribution in [1.29, 1.82) is 0 Å². The standard InChI is InChI=1S/C21H24N2O2/c1-3-13-11-23(4-2)9-8-21-16-6-5-7-17(25)19(16)22-20(21)15(12-24)14(13)10-18(21)23/h3,5-7,12,14,18H,4,8-11H2,1-2H3,(H-,22,24,25)/p+1. The molecule has 2 N–H and O–H groups in total. The van der Waals surface area contributed by atoms with Crippen LogP contribution in [-0.2, 0) is 10.2 Å². The summed E-state index contributed by atoms with van der Waals surface area (Å²) < 4.78 is 1.11. The molecule has 4 heteroatoms. The molecule has 2 saturated heterocycles. The lowest BCUT2D eigenvalue weighted by Crippen LogP contribution is -2.63. The second-order valence-corrected chi connectivity index (χ2v) is 8.08. The quantitative estimate of drug-likeness (QED) is 0.377. The maximum atomic E-state index is 12.1. The Labute approximate surface area is 148 Å². The van der Waals surface area contributed by atoms with E-state index in [4.69, 9.17) is 0 Å². The van der Waals surface area contributed by atoms with Gasteiger partial charge in [0.1, 0.15) is 24.6 Å². The number of aromatic hydroxyl groups is 1. The number of allylic oxidation sites excluding steroid dienone is 2. The molecule has 4 unspecified atom stereocenters. The van der Waals surface area contributed by atoms with Crippen molar-refractivity contribution in [3.63, 3.8) is 0 Å². The number of fused-ring (bicyclic) bond motifs is 2. The maximum absolute atomic E-state index is 12.1. The number of piperidine rings is 1. The number of hydrogen-bond donors (Lipinski definition) is 2. The zero-order chi connectivity index (χ0) is 17.4. The molecule has 2 fully saturated rings. The minimum Gasteiger partial charge on any atom is -0.506 e. The van der Waals surface area contributed by atoms with Crippen molar-refractivity contribution in [2.45, 2.75) is 38.1 Å². The minimum absolute atomic E-state index is 0.129. The Bertz CT molecular complexity index is 855. The third kappa shape index (κ3) is 1.55. The van der Waals surface area contributed by atoms with Gasteiger partial charge in [0, 0.05) is 30.0 Å². The van der Waals surface area contributed by atoms with Gasteiger partial charge < -0.3 is 14.9 Å². The molecular weight excluding hydrogens is 312 g/mol.